The lowest BCUT2D eigenvalue weighted by atomic mass is 10.1. The number of nitrogens with one attached hydrogen (secondary N) is 1. The van der Waals surface area contributed by atoms with E-state index in [0.29, 0.717) is 12.6 Å². The summed E-state index contributed by atoms with van der Waals surface area (Å²) in [6, 6.07) is 0.714. The maximum Gasteiger partial charge on any atom is 0.237 e. The summed E-state index contributed by atoms with van der Waals surface area (Å²) in [5, 5.41) is 2.99. The molecule has 15 heavy (non-hydrogen) atoms. The molecule has 2 rings (SSSR count). The highest BCUT2D eigenvalue weighted by atomic mass is 16.2. The van der Waals surface area contributed by atoms with Gasteiger partial charge in [-0.25, -0.2) is 0 Å². The summed E-state index contributed by atoms with van der Waals surface area (Å²) in [7, 11) is 0. The Balaban J connectivity index is 1.99. The molecule has 1 saturated carbocycles. The van der Waals surface area contributed by atoms with E-state index in [4.69, 9.17) is 5.73 Å². The van der Waals surface area contributed by atoms with Crippen molar-refractivity contribution in [2.75, 3.05) is 19.6 Å². The minimum Gasteiger partial charge on any atom is -0.355 e. The van der Waals surface area contributed by atoms with Crippen LogP contribution in [0.2, 0.25) is 0 Å². The second-order valence-corrected chi connectivity index (χ2v) is 4.56. The largest absolute Gasteiger partial charge is 0.355 e. The molecule has 1 aliphatic carbocycles. The topological polar surface area (TPSA) is 58.4 Å². The highest BCUT2D eigenvalue weighted by molar-refractivity contribution is 5.82. The van der Waals surface area contributed by atoms with Gasteiger partial charge in [-0.1, -0.05) is 0 Å². The zero-order valence-corrected chi connectivity index (χ0v) is 9.24. The molecule has 0 aromatic rings. The number of carbonyl (C=O) groups is 1. The van der Waals surface area contributed by atoms with Gasteiger partial charge in [0.25, 0.3) is 0 Å². The van der Waals surface area contributed by atoms with Crippen LogP contribution in [-0.4, -0.2) is 42.5 Å². The summed E-state index contributed by atoms with van der Waals surface area (Å²) in [6.07, 6.45) is 5.75. The van der Waals surface area contributed by atoms with E-state index >= 15 is 0 Å². The first-order valence-corrected chi connectivity index (χ1v) is 6.06. The molecule has 0 aromatic heterocycles. The summed E-state index contributed by atoms with van der Waals surface area (Å²) >= 11 is 0. The van der Waals surface area contributed by atoms with Crippen molar-refractivity contribution in [3.63, 3.8) is 0 Å². The van der Waals surface area contributed by atoms with E-state index in [-0.39, 0.29) is 11.9 Å². The first-order chi connectivity index (χ1) is 7.33. The molecular formula is C11H21N3O. The molecule has 0 radical (unpaired) electrons. The maximum atomic E-state index is 11.9. The third-order valence-electron chi connectivity index (χ3n) is 3.31. The summed E-state index contributed by atoms with van der Waals surface area (Å²) in [4.78, 5) is 14.2. The van der Waals surface area contributed by atoms with Crippen molar-refractivity contribution in [2.45, 2.75) is 44.2 Å². The summed E-state index contributed by atoms with van der Waals surface area (Å²) in [6.45, 7) is 2.36. The molecule has 0 aromatic carbocycles. The van der Waals surface area contributed by atoms with E-state index in [2.05, 4.69) is 10.2 Å². The average Bonchev–Trinajstić information content (AvgIpc) is 3.02. The normalized spacial score (nSPS) is 27.6. The van der Waals surface area contributed by atoms with Crippen molar-refractivity contribution in [2.24, 2.45) is 5.73 Å². The molecule has 0 spiro atoms. The Labute approximate surface area is 91.2 Å². The zero-order valence-electron chi connectivity index (χ0n) is 9.24. The fourth-order valence-corrected chi connectivity index (χ4v) is 2.39. The lowest BCUT2D eigenvalue weighted by Gasteiger charge is -2.29. The zero-order chi connectivity index (χ0) is 10.7. The number of nitrogens with zero attached hydrogens (tertiary/aromatic N) is 1. The average molecular weight is 211 g/mol. The van der Waals surface area contributed by atoms with E-state index < -0.39 is 0 Å². The quantitative estimate of drug-likeness (QED) is 0.692. The molecule has 2 fully saturated rings. The van der Waals surface area contributed by atoms with Gasteiger partial charge in [0.1, 0.15) is 0 Å². The van der Waals surface area contributed by atoms with Crippen molar-refractivity contribution >= 4 is 5.91 Å². The molecule has 1 aliphatic heterocycles. The fraction of sp³-hybridized carbons (Fsp3) is 0.909. The highest BCUT2D eigenvalue weighted by Gasteiger charge is 2.36. The fourth-order valence-electron chi connectivity index (χ4n) is 2.39. The predicted octanol–water partition coefficient (Wildman–Crippen LogP) is 0.0782. The van der Waals surface area contributed by atoms with Crippen LogP contribution in [0.25, 0.3) is 0 Å². The van der Waals surface area contributed by atoms with Gasteiger partial charge in [0, 0.05) is 25.7 Å². The smallest absolute Gasteiger partial charge is 0.237 e. The Morgan fingerprint density at radius 1 is 1.33 bits per heavy atom. The van der Waals surface area contributed by atoms with Crippen LogP contribution in [-0.2, 0) is 4.79 Å². The van der Waals surface area contributed by atoms with Gasteiger partial charge in [-0.15, -0.1) is 0 Å². The van der Waals surface area contributed by atoms with Gasteiger partial charge in [-0.2, -0.15) is 0 Å². The van der Waals surface area contributed by atoms with E-state index in [9.17, 15) is 4.79 Å². The Morgan fingerprint density at radius 3 is 2.80 bits per heavy atom. The van der Waals surface area contributed by atoms with Crippen LogP contribution in [0.5, 0.6) is 0 Å². The molecule has 86 valence electrons. The minimum atomic E-state index is 0.0866. The highest BCUT2D eigenvalue weighted by Crippen LogP contribution is 2.30. The number of carbonyl (C=O) groups excluding carboxylic acids is 1. The van der Waals surface area contributed by atoms with Crippen LogP contribution in [0.1, 0.15) is 32.1 Å². The molecule has 1 saturated heterocycles. The predicted molar refractivity (Wildman–Crippen MR) is 59.4 cm³/mol. The van der Waals surface area contributed by atoms with E-state index in [1.54, 1.807) is 0 Å². The van der Waals surface area contributed by atoms with Gasteiger partial charge in [0.15, 0.2) is 0 Å². The van der Waals surface area contributed by atoms with Gasteiger partial charge in [-0.3, -0.25) is 9.69 Å². The molecule has 4 nitrogen and oxygen atoms in total. The molecule has 2 aliphatic rings. The van der Waals surface area contributed by atoms with Crippen molar-refractivity contribution in [3.05, 3.63) is 0 Å². The summed E-state index contributed by atoms with van der Waals surface area (Å²) < 4.78 is 0. The Hall–Kier alpha value is -0.610. The van der Waals surface area contributed by atoms with Crippen LogP contribution < -0.4 is 11.1 Å². The molecule has 1 heterocycles. The Morgan fingerprint density at radius 2 is 2.13 bits per heavy atom. The van der Waals surface area contributed by atoms with Crippen molar-refractivity contribution in [1.82, 2.24) is 10.2 Å². The lowest BCUT2D eigenvalue weighted by Crippen LogP contribution is -2.48. The van der Waals surface area contributed by atoms with Crippen LogP contribution in [0.15, 0.2) is 0 Å². The first kappa shape index (κ1) is 10.9. The number of hydrogen-bond donors (Lipinski definition) is 2. The number of nitrogens with two attached hydrogens (primary N) is 1. The van der Waals surface area contributed by atoms with Gasteiger partial charge in [0.05, 0.1) is 6.04 Å². The molecule has 1 amide bonds. The summed E-state index contributed by atoms with van der Waals surface area (Å²) in [5.41, 5.74) is 5.61. The monoisotopic (exact) mass is 211 g/mol. The molecule has 1 unspecified atom stereocenters. The van der Waals surface area contributed by atoms with Gasteiger partial charge in [0.2, 0.25) is 5.91 Å². The van der Waals surface area contributed by atoms with Crippen molar-refractivity contribution < 1.29 is 4.79 Å². The third-order valence-corrected chi connectivity index (χ3v) is 3.31. The van der Waals surface area contributed by atoms with Crippen LogP contribution in [0.3, 0.4) is 0 Å². The van der Waals surface area contributed by atoms with Gasteiger partial charge >= 0.3 is 0 Å². The molecule has 0 bridgehead atoms. The SMILES string of the molecule is NCCN(C1CC1)C1CCCCNC1=O. The van der Waals surface area contributed by atoms with Gasteiger partial charge < -0.3 is 11.1 Å². The molecular weight excluding hydrogens is 190 g/mol. The van der Waals surface area contributed by atoms with Crippen molar-refractivity contribution in [3.8, 4) is 0 Å². The van der Waals surface area contributed by atoms with E-state index in [1.807, 2.05) is 0 Å². The van der Waals surface area contributed by atoms with Crippen LogP contribution in [0.4, 0.5) is 0 Å². The third kappa shape index (κ3) is 2.69. The van der Waals surface area contributed by atoms with Crippen molar-refractivity contribution in [1.29, 1.82) is 0 Å². The summed E-state index contributed by atoms with van der Waals surface area (Å²) in [5.74, 6) is 0.216. The minimum absolute atomic E-state index is 0.0866. The van der Waals surface area contributed by atoms with E-state index in [1.165, 1.54) is 12.8 Å². The Bertz CT molecular complexity index is 228. The number of hydrogen-bond acceptors (Lipinski definition) is 3. The molecule has 4 heteroatoms. The Kier molecular flexibility index (Phi) is 3.59. The van der Waals surface area contributed by atoms with Crippen LogP contribution >= 0.6 is 0 Å². The lowest BCUT2D eigenvalue weighted by molar-refractivity contribution is -0.126. The van der Waals surface area contributed by atoms with Crippen LogP contribution in [0, 0.1) is 0 Å². The number of rotatable bonds is 4. The second kappa shape index (κ2) is 4.94. The first-order valence-electron chi connectivity index (χ1n) is 6.06. The second-order valence-electron chi connectivity index (χ2n) is 4.56. The van der Waals surface area contributed by atoms with E-state index in [0.717, 1.165) is 32.4 Å². The van der Waals surface area contributed by atoms with Gasteiger partial charge in [-0.05, 0) is 32.1 Å². The maximum absolute atomic E-state index is 11.9. The number of amides is 1. The standard InChI is InChI=1S/C11H21N3O/c12-6-8-14(9-4-5-9)10-3-1-2-7-13-11(10)15/h9-10H,1-8,12H2,(H,13,15). The molecule has 1 atom stereocenters. The molecule has 3 N–H and O–H groups in total.